The number of hydrogen-bond donors (Lipinski definition) is 3. The van der Waals surface area contributed by atoms with Crippen molar-refractivity contribution in [1.29, 1.82) is 0 Å². The van der Waals surface area contributed by atoms with Crippen LogP contribution in [0.2, 0.25) is 5.02 Å². The Bertz CT molecular complexity index is 1120. The standard InChI is InChI=1S/C19H17ClF4N4O3/c1-10-2-3-13(12(20)6-10)26-16-11(18(30)27-31-5-4-29)7-14-17(15(16)21)25-9-28(14)8-19(22,23)24/h2-3,6-7,9,26,29H,4-5,8H2,1H3,(H,27,30). The van der Waals surface area contributed by atoms with Crippen LogP contribution in [0.5, 0.6) is 0 Å². The van der Waals surface area contributed by atoms with E-state index < -0.39 is 31.1 Å². The zero-order chi connectivity index (χ0) is 22.8. The van der Waals surface area contributed by atoms with Gasteiger partial charge in [0.15, 0.2) is 5.82 Å². The molecule has 3 rings (SSSR count). The monoisotopic (exact) mass is 460 g/mol. The number of aliphatic hydroxyl groups excluding tert-OH is 1. The first kappa shape index (κ1) is 22.8. The Hall–Kier alpha value is -2.89. The third kappa shape index (κ3) is 5.24. The van der Waals surface area contributed by atoms with E-state index in [-0.39, 0.29) is 39.6 Å². The fraction of sp³-hybridized carbons (Fsp3) is 0.263. The normalized spacial score (nSPS) is 11.7. The van der Waals surface area contributed by atoms with E-state index in [0.717, 1.165) is 18.0 Å². The number of rotatable bonds is 7. The quantitative estimate of drug-likeness (QED) is 0.281. The molecule has 1 amide bonds. The highest BCUT2D eigenvalue weighted by Gasteiger charge is 2.30. The summed E-state index contributed by atoms with van der Waals surface area (Å²) in [6.45, 7) is -0.250. The number of amides is 1. The van der Waals surface area contributed by atoms with E-state index in [1.165, 1.54) is 0 Å². The summed E-state index contributed by atoms with van der Waals surface area (Å²) >= 11 is 6.18. The van der Waals surface area contributed by atoms with Crippen LogP contribution in [-0.2, 0) is 11.4 Å². The predicted octanol–water partition coefficient (Wildman–Crippen LogP) is 4.10. The molecule has 3 N–H and O–H groups in total. The molecule has 0 radical (unpaired) electrons. The fourth-order valence-electron chi connectivity index (χ4n) is 2.85. The van der Waals surface area contributed by atoms with Gasteiger partial charge in [0.2, 0.25) is 0 Å². The number of halogens is 5. The van der Waals surface area contributed by atoms with Crippen molar-refractivity contribution in [2.45, 2.75) is 19.6 Å². The lowest BCUT2D eigenvalue weighted by Crippen LogP contribution is -2.26. The number of aliphatic hydroxyl groups is 1. The first-order chi connectivity index (χ1) is 14.6. The summed E-state index contributed by atoms with van der Waals surface area (Å²) in [6, 6.07) is 5.95. The van der Waals surface area contributed by atoms with E-state index in [0.29, 0.717) is 4.57 Å². The van der Waals surface area contributed by atoms with Gasteiger partial charge in [-0.25, -0.2) is 14.9 Å². The second-order valence-corrected chi connectivity index (χ2v) is 6.99. The van der Waals surface area contributed by atoms with Gasteiger partial charge in [-0.2, -0.15) is 13.2 Å². The lowest BCUT2D eigenvalue weighted by Gasteiger charge is -2.16. The van der Waals surface area contributed by atoms with Crippen molar-refractivity contribution in [3.63, 3.8) is 0 Å². The number of nitrogens with zero attached hydrogens (tertiary/aromatic N) is 2. The lowest BCUT2D eigenvalue weighted by molar-refractivity contribution is -0.139. The minimum absolute atomic E-state index is 0.234. The molecule has 1 heterocycles. The average Bonchev–Trinajstić information content (AvgIpc) is 3.07. The van der Waals surface area contributed by atoms with Crippen LogP contribution in [0.25, 0.3) is 11.0 Å². The number of carbonyl (C=O) groups is 1. The van der Waals surface area contributed by atoms with Crippen molar-refractivity contribution in [2.24, 2.45) is 0 Å². The number of imidazole rings is 1. The van der Waals surface area contributed by atoms with Crippen LogP contribution in [-0.4, -0.2) is 40.0 Å². The van der Waals surface area contributed by atoms with Crippen LogP contribution in [0.15, 0.2) is 30.6 Å². The summed E-state index contributed by atoms with van der Waals surface area (Å²) in [6.07, 6.45) is -3.74. The summed E-state index contributed by atoms with van der Waals surface area (Å²) in [4.78, 5) is 21.1. The van der Waals surface area contributed by atoms with Gasteiger partial charge in [0.25, 0.3) is 5.91 Å². The molecule has 0 aliphatic rings. The van der Waals surface area contributed by atoms with Gasteiger partial charge in [0, 0.05) is 0 Å². The second kappa shape index (κ2) is 9.08. The van der Waals surface area contributed by atoms with Crippen molar-refractivity contribution in [3.8, 4) is 0 Å². The Kier molecular flexibility index (Phi) is 6.68. The molecule has 3 aromatic rings. The Morgan fingerprint density at radius 3 is 2.71 bits per heavy atom. The fourth-order valence-corrected chi connectivity index (χ4v) is 3.13. The van der Waals surface area contributed by atoms with Crippen LogP contribution < -0.4 is 10.8 Å². The van der Waals surface area contributed by atoms with Crippen molar-refractivity contribution < 1.29 is 32.3 Å². The number of hydrogen-bond acceptors (Lipinski definition) is 5. The van der Waals surface area contributed by atoms with Gasteiger partial charge in [0.05, 0.1) is 47.0 Å². The van der Waals surface area contributed by atoms with Crippen LogP contribution in [0, 0.1) is 12.7 Å². The molecule has 12 heteroatoms. The van der Waals surface area contributed by atoms with E-state index in [1.807, 2.05) is 5.48 Å². The highest BCUT2D eigenvalue weighted by Crippen LogP contribution is 2.34. The van der Waals surface area contributed by atoms with E-state index in [1.54, 1.807) is 25.1 Å². The summed E-state index contributed by atoms with van der Waals surface area (Å²) in [5, 5.41) is 11.7. The van der Waals surface area contributed by atoms with Crippen molar-refractivity contribution >= 4 is 39.9 Å². The molecular weight excluding hydrogens is 444 g/mol. The summed E-state index contributed by atoms with van der Waals surface area (Å²) in [5.74, 6) is -1.98. The Morgan fingerprint density at radius 1 is 1.32 bits per heavy atom. The first-order valence-corrected chi connectivity index (χ1v) is 9.28. The van der Waals surface area contributed by atoms with E-state index in [4.69, 9.17) is 21.5 Å². The molecule has 166 valence electrons. The SMILES string of the molecule is Cc1ccc(Nc2c(C(=O)NOCCO)cc3c(ncn3CC(F)(F)F)c2F)c(Cl)c1. The zero-order valence-corrected chi connectivity index (χ0v) is 16.8. The Morgan fingerprint density at radius 2 is 2.06 bits per heavy atom. The number of aryl methyl sites for hydroxylation is 1. The van der Waals surface area contributed by atoms with Crippen molar-refractivity contribution in [1.82, 2.24) is 15.0 Å². The first-order valence-electron chi connectivity index (χ1n) is 8.91. The molecule has 0 unspecified atom stereocenters. The molecule has 31 heavy (non-hydrogen) atoms. The number of benzene rings is 2. The van der Waals surface area contributed by atoms with Gasteiger partial charge >= 0.3 is 6.18 Å². The molecule has 0 saturated heterocycles. The van der Waals surface area contributed by atoms with Gasteiger partial charge in [-0.3, -0.25) is 9.63 Å². The van der Waals surface area contributed by atoms with Gasteiger partial charge in [-0.05, 0) is 30.7 Å². The average molecular weight is 461 g/mol. The molecule has 0 atom stereocenters. The minimum atomic E-state index is -4.58. The van der Waals surface area contributed by atoms with Crippen LogP contribution >= 0.6 is 11.6 Å². The topological polar surface area (TPSA) is 88.4 Å². The molecule has 0 bridgehead atoms. The Balaban J connectivity index is 2.12. The maximum absolute atomic E-state index is 15.3. The Labute approximate surface area is 178 Å². The van der Waals surface area contributed by atoms with Crippen LogP contribution in [0.4, 0.5) is 28.9 Å². The molecule has 2 aromatic carbocycles. The van der Waals surface area contributed by atoms with Crippen molar-refractivity contribution in [2.75, 3.05) is 18.5 Å². The number of fused-ring (bicyclic) bond motifs is 1. The third-order valence-corrected chi connectivity index (χ3v) is 4.51. The zero-order valence-electron chi connectivity index (χ0n) is 16.1. The van der Waals surface area contributed by atoms with Gasteiger partial charge < -0.3 is 15.0 Å². The highest BCUT2D eigenvalue weighted by molar-refractivity contribution is 6.33. The smallest absolute Gasteiger partial charge is 0.394 e. The van der Waals surface area contributed by atoms with E-state index in [9.17, 15) is 18.0 Å². The lowest BCUT2D eigenvalue weighted by atomic mass is 10.1. The summed E-state index contributed by atoms with van der Waals surface area (Å²) in [7, 11) is 0. The van der Waals surface area contributed by atoms with Gasteiger partial charge in [0.1, 0.15) is 12.1 Å². The molecule has 0 aliphatic heterocycles. The molecule has 0 spiro atoms. The number of aromatic nitrogens is 2. The van der Waals surface area contributed by atoms with Crippen LogP contribution in [0.1, 0.15) is 15.9 Å². The third-order valence-electron chi connectivity index (χ3n) is 4.19. The molecular formula is C19H17ClF4N4O3. The maximum Gasteiger partial charge on any atom is 0.406 e. The molecule has 0 fully saturated rings. The number of hydroxylamine groups is 1. The number of nitrogens with one attached hydrogen (secondary N) is 2. The largest absolute Gasteiger partial charge is 0.406 e. The maximum atomic E-state index is 15.3. The van der Waals surface area contributed by atoms with Gasteiger partial charge in [-0.1, -0.05) is 17.7 Å². The van der Waals surface area contributed by atoms with E-state index in [2.05, 4.69) is 10.3 Å². The molecule has 1 aromatic heterocycles. The predicted molar refractivity (Wildman–Crippen MR) is 106 cm³/mol. The van der Waals surface area contributed by atoms with Gasteiger partial charge in [-0.15, -0.1) is 0 Å². The number of anilines is 2. The van der Waals surface area contributed by atoms with E-state index >= 15 is 4.39 Å². The van der Waals surface area contributed by atoms with Crippen LogP contribution in [0.3, 0.4) is 0 Å². The number of alkyl halides is 3. The second-order valence-electron chi connectivity index (χ2n) is 6.58. The highest BCUT2D eigenvalue weighted by atomic mass is 35.5. The number of carbonyl (C=O) groups excluding carboxylic acids is 1. The molecule has 7 nitrogen and oxygen atoms in total. The molecule has 0 aliphatic carbocycles. The summed E-state index contributed by atoms with van der Waals surface area (Å²) < 4.78 is 54.6. The van der Waals surface area contributed by atoms with Crippen molar-refractivity contribution in [3.05, 3.63) is 52.6 Å². The minimum Gasteiger partial charge on any atom is -0.394 e. The summed E-state index contributed by atoms with van der Waals surface area (Å²) in [5.41, 5.74) is 1.84. The molecule has 0 saturated carbocycles.